The molecule has 194 valence electrons. The maximum Gasteiger partial charge on any atom is 0.224 e. The number of nitrogens with one attached hydrogen (secondary N) is 2. The summed E-state index contributed by atoms with van der Waals surface area (Å²) in [5.41, 5.74) is 4.30. The number of anilines is 2. The Morgan fingerprint density at radius 1 is 1.03 bits per heavy atom. The lowest BCUT2D eigenvalue weighted by Gasteiger charge is -2.29. The van der Waals surface area contributed by atoms with Crippen molar-refractivity contribution in [3.05, 3.63) is 96.6 Å². The highest BCUT2D eigenvalue weighted by Crippen LogP contribution is 2.44. The Bertz CT molecular complexity index is 1460. The fourth-order valence-electron chi connectivity index (χ4n) is 4.74. The van der Waals surface area contributed by atoms with E-state index in [0.717, 1.165) is 28.5 Å². The van der Waals surface area contributed by atoms with Crippen molar-refractivity contribution in [1.29, 1.82) is 0 Å². The van der Waals surface area contributed by atoms with Gasteiger partial charge in [-0.15, -0.1) is 0 Å². The van der Waals surface area contributed by atoms with Crippen LogP contribution in [-0.2, 0) is 4.79 Å². The van der Waals surface area contributed by atoms with E-state index in [1.807, 2.05) is 79.9 Å². The van der Waals surface area contributed by atoms with Gasteiger partial charge in [0.15, 0.2) is 5.11 Å². The van der Waals surface area contributed by atoms with Crippen LogP contribution in [0.15, 0.2) is 85.2 Å². The molecule has 1 aliphatic heterocycles. The third-order valence-corrected chi connectivity index (χ3v) is 6.89. The molecule has 3 heterocycles. The van der Waals surface area contributed by atoms with Crippen LogP contribution >= 0.6 is 12.2 Å². The van der Waals surface area contributed by atoms with Crippen molar-refractivity contribution < 1.29 is 14.3 Å². The lowest BCUT2D eigenvalue weighted by Crippen LogP contribution is -2.30. The number of hydrogen-bond acceptors (Lipinski definition) is 5. The van der Waals surface area contributed by atoms with Crippen molar-refractivity contribution >= 4 is 34.6 Å². The number of methoxy groups -OCH3 is 2. The van der Waals surface area contributed by atoms with E-state index in [0.29, 0.717) is 23.0 Å². The molecule has 1 fully saturated rings. The van der Waals surface area contributed by atoms with Crippen LogP contribution < -0.4 is 25.0 Å². The van der Waals surface area contributed by atoms with Gasteiger partial charge in [0.25, 0.3) is 0 Å². The van der Waals surface area contributed by atoms with Crippen molar-refractivity contribution in [3.8, 4) is 17.2 Å². The third-order valence-electron chi connectivity index (χ3n) is 6.57. The Morgan fingerprint density at radius 3 is 2.63 bits per heavy atom. The van der Waals surface area contributed by atoms with E-state index < -0.39 is 0 Å². The van der Waals surface area contributed by atoms with E-state index in [1.54, 1.807) is 20.4 Å². The first-order chi connectivity index (χ1) is 18.5. The van der Waals surface area contributed by atoms with Gasteiger partial charge in [0, 0.05) is 48.0 Å². The molecule has 0 bridgehead atoms. The smallest absolute Gasteiger partial charge is 0.224 e. The fraction of sp³-hybridized carbons (Fsp3) is 0.207. The Labute approximate surface area is 227 Å². The van der Waals surface area contributed by atoms with Gasteiger partial charge in [-0.05, 0) is 60.7 Å². The number of nitrogens with zero attached hydrogens (tertiary/aromatic N) is 3. The summed E-state index contributed by atoms with van der Waals surface area (Å²) >= 11 is 5.90. The van der Waals surface area contributed by atoms with Crippen LogP contribution in [0.3, 0.4) is 0 Å². The number of ether oxygens (including phenoxy) is 2. The molecule has 2 atom stereocenters. The Morgan fingerprint density at radius 2 is 1.89 bits per heavy atom. The van der Waals surface area contributed by atoms with E-state index in [4.69, 9.17) is 21.7 Å². The minimum Gasteiger partial charge on any atom is -0.497 e. The van der Waals surface area contributed by atoms with Gasteiger partial charge in [-0.2, -0.15) is 0 Å². The zero-order chi connectivity index (χ0) is 26.6. The molecular weight excluding hydrogens is 498 g/mol. The Balaban J connectivity index is 1.63. The normalized spacial score (nSPS) is 16.7. The minimum absolute atomic E-state index is 0.0846. The molecule has 0 radical (unpaired) electrons. The second kappa shape index (κ2) is 10.9. The average molecular weight is 528 g/mol. The number of rotatable bonds is 8. The van der Waals surface area contributed by atoms with E-state index in [2.05, 4.69) is 31.2 Å². The average Bonchev–Trinajstić information content (AvgIpc) is 3.58. The molecule has 2 aromatic carbocycles. The van der Waals surface area contributed by atoms with Crippen LogP contribution in [0, 0.1) is 0 Å². The van der Waals surface area contributed by atoms with Gasteiger partial charge in [-0.3, -0.25) is 9.78 Å². The molecule has 1 saturated heterocycles. The number of carbonyl (C=O) groups is 1. The van der Waals surface area contributed by atoms with Crippen LogP contribution in [0.25, 0.3) is 5.69 Å². The molecule has 38 heavy (non-hydrogen) atoms. The predicted molar refractivity (Wildman–Crippen MR) is 152 cm³/mol. The first-order valence-electron chi connectivity index (χ1n) is 12.3. The summed E-state index contributed by atoms with van der Waals surface area (Å²) in [5, 5.41) is 6.96. The molecular formula is C29H29N5O3S. The molecule has 8 nitrogen and oxygen atoms in total. The number of aromatic nitrogens is 2. The lowest BCUT2D eigenvalue weighted by atomic mass is 10.0. The molecule has 2 aromatic heterocycles. The third kappa shape index (κ3) is 4.80. The van der Waals surface area contributed by atoms with Gasteiger partial charge in [0.05, 0.1) is 31.6 Å². The topological polar surface area (TPSA) is 80.7 Å². The molecule has 5 rings (SSSR count). The molecule has 2 N–H and O–H groups in total. The van der Waals surface area contributed by atoms with Gasteiger partial charge in [0.2, 0.25) is 5.91 Å². The predicted octanol–water partition coefficient (Wildman–Crippen LogP) is 5.42. The van der Waals surface area contributed by atoms with Gasteiger partial charge in [-0.25, -0.2) is 0 Å². The number of carbonyl (C=O) groups excluding carboxylic acids is 1. The summed E-state index contributed by atoms with van der Waals surface area (Å²) < 4.78 is 13.3. The summed E-state index contributed by atoms with van der Waals surface area (Å²) in [6.45, 7) is 1.81. The summed E-state index contributed by atoms with van der Waals surface area (Å²) in [6.07, 6.45) is 4.19. The van der Waals surface area contributed by atoms with Gasteiger partial charge < -0.3 is 29.6 Å². The first-order valence-corrected chi connectivity index (χ1v) is 12.7. The van der Waals surface area contributed by atoms with E-state index >= 15 is 0 Å². The fourth-order valence-corrected chi connectivity index (χ4v) is 5.08. The number of benzene rings is 2. The van der Waals surface area contributed by atoms with Crippen LogP contribution in [-0.4, -0.2) is 34.8 Å². The highest BCUT2D eigenvalue weighted by atomic mass is 32.1. The van der Waals surface area contributed by atoms with Crippen LogP contribution in [0.1, 0.15) is 36.8 Å². The highest BCUT2D eigenvalue weighted by Gasteiger charge is 2.42. The highest BCUT2D eigenvalue weighted by molar-refractivity contribution is 7.80. The molecule has 0 spiro atoms. The van der Waals surface area contributed by atoms with Gasteiger partial charge >= 0.3 is 0 Å². The van der Waals surface area contributed by atoms with Crippen molar-refractivity contribution in [2.75, 3.05) is 24.4 Å². The first kappa shape index (κ1) is 25.3. The maximum atomic E-state index is 12.0. The standard InChI is InChI=1S/C29H29N5O3S/c1-4-26(35)31-22-14-13-20(18-25(22)37-3)34-28(27(32-29(34)38)23-11-5-6-15-30-23)24-12-8-16-33(24)19-9-7-10-21(17-19)36-2/h5-18,27-28H,4H2,1-3H3,(H,31,35)(H,32,38)/t27-,28-/m0/s1. The summed E-state index contributed by atoms with van der Waals surface area (Å²) in [4.78, 5) is 18.8. The number of thiocarbonyl (C=S) groups is 1. The van der Waals surface area contributed by atoms with E-state index in [1.165, 1.54) is 0 Å². The SMILES string of the molecule is CCC(=O)Nc1ccc(N2C(=S)N[C@@H](c3ccccn3)[C@@H]2c2cccn2-c2cccc(OC)c2)cc1OC. The number of hydrogen-bond donors (Lipinski definition) is 2. The zero-order valence-electron chi connectivity index (χ0n) is 21.4. The van der Waals surface area contributed by atoms with Crippen LogP contribution in [0.4, 0.5) is 11.4 Å². The van der Waals surface area contributed by atoms with Crippen molar-refractivity contribution in [3.63, 3.8) is 0 Å². The molecule has 1 aliphatic rings. The molecule has 0 aliphatic carbocycles. The summed E-state index contributed by atoms with van der Waals surface area (Å²) in [6, 6.07) is 23.1. The molecule has 9 heteroatoms. The maximum absolute atomic E-state index is 12.0. The minimum atomic E-state index is -0.237. The van der Waals surface area contributed by atoms with Gasteiger partial charge in [0.1, 0.15) is 17.5 Å². The second-order valence-electron chi connectivity index (χ2n) is 8.79. The summed E-state index contributed by atoms with van der Waals surface area (Å²) in [5.74, 6) is 1.24. The largest absolute Gasteiger partial charge is 0.497 e. The quantitative estimate of drug-likeness (QED) is 0.296. The molecule has 0 unspecified atom stereocenters. The van der Waals surface area contributed by atoms with Crippen LogP contribution in [0.2, 0.25) is 0 Å². The van der Waals surface area contributed by atoms with Crippen molar-refractivity contribution in [2.45, 2.75) is 25.4 Å². The monoisotopic (exact) mass is 527 g/mol. The number of amides is 1. The molecule has 4 aromatic rings. The molecule has 1 amide bonds. The van der Waals surface area contributed by atoms with E-state index in [-0.39, 0.29) is 18.0 Å². The number of pyridine rings is 1. The Kier molecular flexibility index (Phi) is 7.28. The Hall–Kier alpha value is -4.37. The second-order valence-corrected chi connectivity index (χ2v) is 9.17. The van der Waals surface area contributed by atoms with E-state index in [9.17, 15) is 4.79 Å². The summed E-state index contributed by atoms with van der Waals surface area (Å²) in [7, 11) is 3.25. The van der Waals surface area contributed by atoms with Crippen LogP contribution in [0.5, 0.6) is 11.5 Å². The zero-order valence-corrected chi connectivity index (χ0v) is 22.2. The van der Waals surface area contributed by atoms with Crippen molar-refractivity contribution in [1.82, 2.24) is 14.9 Å². The lowest BCUT2D eigenvalue weighted by molar-refractivity contribution is -0.115. The van der Waals surface area contributed by atoms with Gasteiger partial charge in [-0.1, -0.05) is 19.1 Å². The molecule has 0 saturated carbocycles. The van der Waals surface area contributed by atoms with Crippen molar-refractivity contribution in [2.24, 2.45) is 0 Å².